The second kappa shape index (κ2) is 6.91. The number of hydrogen-bond donors (Lipinski definition) is 2. The number of hydrogen-bond acceptors (Lipinski definition) is 4. The fourth-order valence-corrected chi connectivity index (χ4v) is 3.26. The van der Waals surface area contributed by atoms with Gasteiger partial charge in [0.25, 0.3) is 5.56 Å². The van der Waals surface area contributed by atoms with Crippen molar-refractivity contribution in [2.24, 2.45) is 0 Å². The van der Waals surface area contributed by atoms with Gasteiger partial charge in [0.15, 0.2) is 0 Å². The maximum Gasteiger partial charge on any atom is 0.409 e. The van der Waals surface area contributed by atoms with Crippen LogP contribution >= 0.6 is 0 Å². The lowest BCUT2D eigenvalue weighted by atomic mass is 10.1. The van der Waals surface area contributed by atoms with Crippen LogP contribution < -0.4 is 16.6 Å². The Bertz CT molecular complexity index is 973. The predicted molar refractivity (Wildman–Crippen MR) is 93.4 cm³/mol. The second-order valence-electron chi connectivity index (χ2n) is 6.58. The summed E-state index contributed by atoms with van der Waals surface area (Å²) >= 11 is 0. The van der Waals surface area contributed by atoms with Gasteiger partial charge in [-0.15, -0.1) is 0 Å². The van der Waals surface area contributed by atoms with Gasteiger partial charge in [0, 0.05) is 18.7 Å². The van der Waals surface area contributed by atoms with Gasteiger partial charge < -0.3 is 9.84 Å². The van der Waals surface area contributed by atoms with E-state index in [1.807, 2.05) is 5.32 Å². The number of carbonyl (C=O) groups is 1. The smallest absolute Gasteiger partial charge is 0.409 e. The van der Waals surface area contributed by atoms with Crippen molar-refractivity contribution in [2.75, 3.05) is 11.9 Å². The van der Waals surface area contributed by atoms with E-state index >= 15 is 0 Å². The van der Waals surface area contributed by atoms with E-state index in [1.54, 1.807) is 13.8 Å². The Balaban J connectivity index is 2.27. The van der Waals surface area contributed by atoms with Gasteiger partial charge in [-0.25, -0.2) is 14.0 Å². The largest absolute Gasteiger partial charge is 0.465 e. The number of anilines is 1. The Kier molecular flexibility index (Phi) is 4.82. The standard InChI is InChI=1S/C17H20FN3O5/c1-9(2)21-14-7-12(18)13(19-16(23)24)6-11(14)15(22)20(17(21)25)8-10-4-3-5-26-10/h6-7,9-10,19H,3-5,8H2,1-2H3,(H,23,24). The van der Waals surface area contributed by atoms with Crippen molar-refractivity contribution >= 4 is 22.7 Å². The first-order valence-electron chi connectivity index (χ1n) is 8.39. The molecule has 1 atom stereocenters. The molecule has 0 aliphatic carbocycles. The summed E-state index contributed by atoms with van der Waals surface area (Å²) in [5, 5.41) is 10.8. The number of carboxylic acid groups (broad SMARTS) is 1. The van der Waals surface area contributed by atoms with Gasteiger partial charge in [0.1, 0.15) is 5.82 Å². The molecule has 2 aromatic rings. The summed E-state index contributed by atoms with van der Waals surface area (Å²) < 4.78 is 22.2. The average Bonchev–Trinajstić information content (AvgIpc) is 3.05. The number of nitrogens with one attached hydrogen (secondary N) is 1. The number of benzene rings is 1. The summed E-state index contributed by atoms with van der Waals surface area (Å²) in [7, 11) is 0. The third-order valence-electron chi connectivity index (χ3n) is 4.43. The van der Waals surface area contributed by atoms with E-state index in [4.69, 9.17) is 9.84 Å². The number of aromatic nitrogens is 2. The van der Waals surface area contributed by atoms with Crippen LogP contribution in [0.3, 0.4) is 0 Å². The van der Waals surface area contributed by atoms with E-state index in [9.17, 15) is 18.8 Å². The number of fused-ring (bicyclic) bond motifs is 1. The number of rotatable bonds is 4. The Labute approximate surface area is 147 Å². The molecule has 1 aromatic heterocycles. The first-order chi connectivity index (χ1) is 12.3. The molecule has 1 aliphatic heterocycles. The molecule has 2 N–H and O–H groups in total. The van der Waals surface area contributed by atoms with Crippen molar-refractivity contribution in [1.82, 2.24) is 9.13 Å². The van der Waals surface area contributed by atoms with Crippen molar-refractivity contribution in [2.45, 2.75) is 45.4 Å². The van der Waals surface area contributed by atoms with Gasteiger partial charge in [0.2, 0.25) is 0 Å². The van der Waals surface area contributed by atoms with Crippen molar-refractivity contribution in [3.63, 3.8) is 0 Å². The van der Waals surface area contributed by atoms with Crippen LogP contribution in [0.15, 0.2) is 21.7 Å². The van der Waals surface area contributed by atoms with Crippen molar-refractivity contribution < 1.29 is 19.0 Å². The van der Waals surface area contributed by atoms with Crippen molar-refractivity contribution in [3.05, 3.63) is 38.8 Å². The zero-order valence-electron chi connectivity index (χ0n) is 14.5. The highest BCUT2D eigenvalue weighted by molar-refractivity contribution is 5.89. The molecule has 1 amide bonds. The van der Waals surface area contributed by atoms with Crippen molar-refractivity contribution in [3.8, 4) is 0 Å². The molecule has 0 bridgehead atoms. The van der Waals surface area contributed by atoms with Gasteiger partial charge in [-0.2, -0.15) is 0 Å². The van der Waals surface area contributed by atoms with Crippen LogP contribution in [-0.2, 0) is 11.3 Å². The van der Waals surface area contributed by atoms with E-state index in [1.165, 1.54) is 4.57 Å². The van der Waals surface area contributed by atoms with E-state index in [2.05, 4.69) is 0 Å². The predicted octanol–water partition coefficient (Wildman–Crippen LogP) is 2.15. The Morgan fingerprint density at radius 2 is 2.15 bits per heavy atom. The lowest BCUT2D eigenvalue weighted by molar-refractivity contribution is 0.0947. The molecule has 140 valence electrons. The van der Waals surface area contributed by atoms with E-state index in [0.29, 0.717) is 6.61 Å². The third kappa shape index (κ3) is 3.22. The highest BCUT2D eigenvalue weighted by Crippen LogP contribution is 2.22. The average molecular weight is 365 g/mol. The van der Waals surface area contributed by atoms with Gasteiger partial charge in [-0.1, -0.05) is 0 Å². The number of amides is 1. The summed E-state index contributed by atoms with van der Waals surface area (Å²) in [4.78, 5) is 36.5. The van der Waals surface area contributed by atoms with Crippen LogP contribution in [0.25, 0.3) is 10.9 Å². The molecule has 2 heterocycles. The van der Waals surface area contributed by atoms with Crippen LogP contribution in [0.2, 0.25) is 0 Å². The Hall–Kier alpha value is -2.68. The summed E-state index contributed by atoms with van der Waals surface area (Å²) in [6.45, 7) is 4.20. The summed E-state index contributed by atoms with van der Waals surface area (Å²) in [6, 6.07) is 1.82. The fourth-order valence-electron chi connectivity index (χ4n) is 3.26. The molecule has 1 aliphatic rings. The topological polar surface area (TPSA) is 103 Å². The van der Waals surface area contributed by atoms with Gasteiger partial charge in [0.05, 0.1) is 29.2 Å². The molecular formula is C17H20FN3O5. The number of halogens is 1. The van der Waals surface area contributed by atoms with Crippen LogP contribution in [-0.4, -0.2) is 33.0 Å². The van der Waals surface area contributed by atoms with Crippen LogP contribution in [0.1, 0.15) is 32.7 Å². The first kappa shape index (κ1) is 18.1. The molecule has 9 heteroatoms. The first-order valence-corrected chi connectivity index (χ1v) is 8.39. The third-order valence-corrected chi connectivity index (χ3v) is 4.43. The maximum absolute atomic E-state index is 14.2. The molecule has 1 fully saturated rings. The normalized spacial score (nSPS) is 17.2. The lowest BCUT2D eigenvalue weighted by Crippen LogP contribution is -2.43. The summed E-state index contributed by atoms with van der Waals surface area (Å²) in [5.41, 5.74) is -1.33. The van der Waals surface area contributed by atoms with Gasteiger partial charge in [-0.3, -0.25) is 19.2 Å². The van der Waals surface area contributed by atoms with E-state index < -0.39 is 23.2 Å². The van der Waals surface area contributed by atoms with Crippen LogP contribution in [0.4, 0.5) is 14.9 Å². The highest BCUT2D eigenvalue weighted by Gasteiger charge is 2.22. The molecule has 1 saturated heterocycles. The zero-order valence-corrected chi connectivity index (χ0v) is 14.5. The molecule has 0 spiro atoms. The van der Waals surface area contributed by atoms with E-state index in [0.717, 1.165) is 29.5 Å². The summed E-state index contributed by atoms with van der Waals surface area (Å²) in [5.74, 6) is -0.857. The molecule has 0 saturated carbocycles. The highest BCUT2D eigenvalue weighted by atomic mass is 19.1. The van der Waals surface area contributed by atoms with Crippen LogP contribution in [0, 0.1) is 5.82 Å². The molecular weight excluding hydrogens is 345 g/mol. The van der Waals surface area contributed by atoms with E-state index in [-0.39, 0.29) is 35.3 Å². The molecule has 8 nitrogen and oxygen atoms in total. The molecule has 26 heavy (non-hydrogen) atoms. The SMILES string of the molecule is CC(C)n1c(=O)n(CC2CCCO2)c(=O)c2cc(NC(=O)O)c(F)cc21. The molecule has 1 aromatic carbocycles. The zero-order chi connectivity index (χ0) is 19.0. The lowest BCUT2D eigenvalue weighted by Gasteiger charge is -2.19. The Morgan fingerprint density at radius 1 is 1.42 bits per heavy atom. The van der Waals surface area contributed by atoms with Gasteiger partial charge in [-0.05, 0) is 32.8 Å². The Morgan fingerprint density at radius 3 is 2.73 bits per heavy atom. The fraction of sp³-hybridized carbons (Fsp3) is 0.471. The van der Waals surface area contributed by atoms with Crippen LogP contribution in [0.5, 0.6) is 0 Å². The number of nitrogens with zero attached hydrogens (tertiary/aromatic N) is 2. The molecule has 0 radical (unpaired) electrons. The molecule has 3 rings (SSSR count). The number of ether oxygens (including phenoxy) is 1. The monoisotopic (exact) mass is 365 g/mol. The molecule has 1 unspecified atom stereocenters. The van der Waals surface area contributed by atoms with Gasteiger partial charge >= 0.3 is 11.8 Å². The minimum absolute atomic E-state index is 0.0708. The minimum atomic E-state index is -1.44. The van der Waals surface area contributed by atoms with Crippen molar-refractivity contribution in [1.29, 1.82) is 0 Å². The summed E-state index contributed by atoms with van der Waals surface area (Å²) in [6.07, 6.45) is -0.0555. The maximum atomic E-state index is 14.2. The minimum Gasteiger partial charge on any atom is -0.465 e. The quantitative estimate of drug-likeness (QED) is 0.864. The second-order valence-corrected chi connectivity index (χ2v) is 6.58.